The highest BCUT2D eigenvalue weighted by Gasteiger charge is 2.28. The molecule has 0 aliphatic carbocycles. The lowest BCUT2D eigenvalue weighted by Crippen LogP contribution is -2.27. The van der Waals surface area contributed by atoms with E-state index >= 15 is 0 Å². The molecule has 1 aliphatic heterocycles. The van der Waals surface area contributed by atoms with Crippen LogP contribution in [0.25, 0.3) is 10.8 Å². The molecule has 7 heteroatoms. The molecule has 3 rings (SSSR count). The first-order valence-electron chi connectivity index (χ1n) is 6.93. The number of rotatable bonds is 2. The number of nitrogens with zero attached hydrogens (tertiary/aromatic N) is 4. The summed E-state index contributed by atoms with van der Waals surface area (Å²) >= 11 is 1.32. The third kappa shape index (κ3) is 2.60. The summed E-state index contributed by atoms with van der Waals surface area (Å²) in [5.41, 5.74) is 0.842. The van der Waals surface area contributed by atoms with E-state index < -0.39 is 0 Å². The SMILES string of the molecule is CC(C)(C)c1nnsc1-c1nc(C2CCNCC2)no1. The first-order valence-corrected chi connectivity index (χ1v) is 7.70. The average molecular weight is 293 g/mol. The van der Waals surface area contributed by atoms with Crippen molar-refractivity contribution < 1.29 is 4.52 Å². The fourth-order valence-corrected chi connectivity index (χ4v) is 3.19. The van der Waals surface area contributed by atoms with Gasteiger partial charge in [0.1, 0.15) is 4.88 Å². The van der Waals surface area contributed by atoms with E-state index in [9.17, 15) is 0 Å². The Labute approximate surface area is 122 Å². The highest BCUT2D eigenvalue weighted by atomic mass is 32.1. The molecule has 0 aromatic carbocycles. The molecule has 2 aromatic rings. The predicted molar refractivity (Wildman–Crippen MR) is 76.7 cm³/mol. The van der Waals surface area contributed by atoms with Crippen LogP contribution >= 0.6 is 11.5 Å². The maximum atomic E-state index is 5.45. The van der Waals surface area contributed by atoms with Gasteiger partial charge in [0, 0.05) is 11.3 Å². The van der Waals surface area contributed by atoms with E-state index in [4.69, 9.17) is 4.52 Å². The van der Waals surface area contributed by atoms with Crippen molar-refractivity contribution in [1.29, 1.82) is 0 Å². The van der Waals surface area contributed by atoms with E-state index in [0.717, 1.165) is 42.3 Å². The lowest BCUT2D eigenvalue weighted by Gasteiger charge is -2.19. The Morgan fingerprint density at radius 3 is 2.70 bits per heavy atom. The van der Waals surface area contributed by atoms with Crippen molar-refractivity contribution in [3.8, 4) is 10.8 Å². The molecule has 0 unspecified atom stereocenters. The summed E-state index contributed by atoms with van der Waals surface area (Å²) in [6.07, 6.45) is 2.12. The summed E-state index contributed by atoms with van der Waals surface area (Å²) < 4.78 is 9.49. The Kier molecular flexibility index (Phi) is 3.55. The summed E-state index contributed by atoms with van der Waals surface area (Å²) in [7, 11) is 0. The molecule has 0 radical (unpaired) electrons. The van der Waals surface area contributed by atoms with Crippen LogP contribution in [0, 0.1) is 0 Å². The van der Waals surface area contributed by atoms with E-state index in [1.54, 1.807) is 0 Å². The molecule has 1 aliphatic rings. The molecule has 1 fully saturated rings. The van der Waals surface area contributed by atoms with Gasteiger partial charge < -0.3 is 9.84 Å². The van der Waals surface area contributed by atoms with Gasteiger partial charge in [-0.1, -0.05) is 30.4 Å². The van der Waals surface area contributed by atoms with E-state index in [1.807, 2.05) is 0 Å². The van der Waals surface area contributed by atoms with Crippen molar-refractivity contribution in [2.45, 2.75) is 44.9 Å². The monoisotopic (exact) mass is 293 g/mol. The van der Waals surface area contributed by atoms with Crippen LogP contribution in [0.3, 0.4) is 0 Å². The van der Waals surface area contributed by atoms with Crippen LogP contribution in [0.15, 0.2) is 4.52 Å². The van der Waals surface area contributed by atoms with Crippen LogP contribution in [0.2, 0.25) is 0 Å². The van der Waals surface area contributed by atoms with Gasteiger partial charge in [0.15, 0.2) is 5.82 Å². The second-order valence-corrected chi connectivity index (χ2v) is 6.94. The number of nitrogens with one attached hydrogen (secondary N) is 1. The van der Waals surface area contributed by atoms with Gasteiger partial charge in [-0.25, -0.2) is 0 Å². The second-order valence-electron chi connectivity index (χ2n) is 6.18. The highest BCUT2D eigenvalue weighted by Crippen LogP contribution is 2.34. The molecule has 1 N–H and O–H groups in total. The van der Waals surface area contributed by atoms with Crippen LogP contribution in [0.5, 0.6) is 0 Å². The molecule has 0 saturated carbocycles. The van der Waals surface area contributed by atoms with Gasteiger partial charge >= 0.3 is 0 Å². The third-order valence-electron chi connectivity index (χ3n) is 3.54. The molecule has 20 heavy (non-hydrogen) atoms. The van der Waals surface area contributed by atoms with Gasteiger partial charge in [-0.2, -0.15) is 4.98 Å². The maximum absolute atomic E-state index is 5.45. The molecule has 0 bridgehead atoms. The zero-order valence-electron chi connectivity index (χ0n) is 12.0. The Bertz CT molecular complexity index is 580. The van der Waals surface area contributed by atoms with Crippen molar-refractivity contribution in [2.24, 2.45) is 0 Å². The average Bonchev–Trinajstić information content (AvgIpc) is 3.08. The normalized spacial score (nSPS) is 17.6. The van der Waals surface area contributed by atoms with Gasteiger partial charge in [-0.15, -0.1) is 5.10 Å². The first kappa shape index (κ1) is 13.6. The molecule has 0 spiro atoms. The first-order chi connectivity index (χ1) is 9.55. The molecule has 0 atom stereocenters. The lowest BCUT2D eigenvalue weighted by molar-refractivity contribution is 0.392. The largest absolute Gasteiger partial charge is 0.333 e. The minimum atomic E-state index is -0.0777. The molecule has 0 amide bonds. The van der Waals surface area contributed by atoms with Crippen molar-refractivity contribution >= 4 is 11.5 Å². The van der Waals surface area contributed by atoms with E-state index in [-0.39, 0.29) is 5.41 Å². The Morgan fingerprint density at radius 2 is 2.00 bits per heavy atom. The molecule has 108 valence electrons. The van der Waals surface area contributed by atoms with Crippen LogP contribution < -0.4 is 5.32 Å². The fourth-order valence-electron chi connectivity index (χ4n) is 2.39. The van der Waals surface area contributed by atoms with Gasteiger partial charge in [0.05, 0.1) is 5.69 Å². The number of hydrogen-bond donors (Lipinski definition) is 1. The molecule has 6 nitrogen and oxygen atoms in total. The minimum absolute atomic E-state index is 0.0777. The zero-order chi connectivity index (χ0) is 14.2. The predicted octanol–water partition coefficient (Wildman–Crippen LogP) is 2.35. The van der Waals surface area contributed by atoms with Crippen LogP contribution in [-0.4, -0.2) is 32.8 Å². The minimum Gasteiger partial charge on any atom is -0.333 e. The van der Waals surface area contributed by atoms with E-state index in [0.29, 0.717) is 11.8 Å². The topological polar surface area (TPSA) is 76.7 Å². The molecular formula is C13H19N5OS. The molecule has 1 saturated heterocycles. The number of piperidine rings is 1. The standard InChI is InChI=1S/C13H19N5OS/c1-13(2,3)10-9(20-18-16-10)12-15-11(17-19-12)8-4-6-14-7-5-8/h8,14H,4-7H2,1-3H3. The van der Waals surface area contributed by atoms with Crippen molar-refractivity contribution in [3.63, 3.8) is 0 Å². The van der Waals surface area contributed by atoms with Crippen molar-refractivity contribution in [2.75, 3.05) is 13.1 Å². The third-order valence-corrected chi connectivity index (χ3v) is 4.25. The molecule has 2 aromatic heterocycles. The van der Waals surface area contributed by atoms with Crippen LogP contribution in [0.4, 0.5) is 0 Å². The number of hydrogen-bond acceptors (Lipinski definition) is 7. The van der Waals surface area contributed by atoms with Crippen LogP contribution in [0.1, 0.15) is 51.0 Å². The molecular weight excluding hydrogens is 274 g/mol. The Balaban J connectivity index is 1.88. The summed E-state index contributed by atoms with van der Waals surface area (Å²) in [5, 5.41) is 11.7. The van der Waals surface area contributed by atoms with Crippen molar-refractivity contribution in [1.82, 2.24) is 25.0 Å². The lowest BCUT2D eigenvalue weighted by atomic mass is 9.91. The highest BCUT2D eigenvalue weighted by molar-refractivity contribution is 7.09. The summed E-state index contributed by atoms with van der Waals surface area (Å²) in [5.74, 6) is 1.76. The Morgan fingerprint density at radius 1 is 1.25 bits per heavy atom. The maximum Gasteiger partial charge on any atom is 0.271 e. The molecule has 3 heterocycles. The summed E-state index contributed by atoms with van der Waals surface area (Å²) in [6, 6.07) is 0. The van der Waals surface area contributed by atoms with Gasteiger partial charge in [0.25, 0.3) is 5.89 Å². The summed E-state index contributed by atoms with van der Waals surface area (Å²) in [6.45, 7) is 8.36. The number of aromatic nitrogens is 4. The van der Waals surface area contributed by atoms with Gasteiger partial charge in [-0.3, -0.25) is 0 Å². The summed E-state index contributed by atoms with van der Waals surface area (Å²) in [4.78, 5) is 5.47. The van der Waals surface area contributed by atoms with Gasteiger partial charge in [-0.05, 0) is 37.5 Å². The van der Waals surface area contributed by atoms with Gasteiger partial charge in [0.2, 0.25) is 0 Å². The smallest absolute Gasteiger partial charge is 0.271 e. The van der Waals surface area contributed by atoms with E-state index in [2.05, 4.69) is 45.8 Å². The van der Waals surface area contributed by atoms with E-state index in [1.165, 1.54) is 11.5 Å². The van der Waals surface area contributed by atoms with Crippen molar-refractivity contribution in [3.05, 3.63) is 11.5 Å². The Hall–Kier alpha value is -1.34. The zero-order valence-corrected chi connectivity index (χ0v) is 12.8. The van der Waals surface area contributed by atoms with Crippen LogP contribution in [-0.2, 0) is 5.41 Å². The fraction of sp³-hybridized carbons (Fsp3) is 0.692. The quantitative estimate of drug-likeness (QED) is 0.916. The second kappa shape index (κ2) is 5.21.